The van der Waals surface area contributed by atoms with Gasteiger partial charge in [0.15, 0.2) is 0 Å². The Hall–Kier alpha value is -2.26. The maximum atomic E-state index is 13.2. The van der Waals surface area contributed by atoms with Gasteiger partial charge in [0.2, 0.25) is 0 Å². The van der Waals surface area contributed by atoms with Crippen LogP contribution in [0, 0.1) is 0 Å². The van der Waals surface area contributed by atoms with Crippen molar-refractivity contribution in [1.82, 2.24) is 9.80 Å². The van der Waals surface area contributed by atoms with Crippen molar-refractivity contribution in [1.29, 1.82) is 0 Å². The Bertz CT molecular complexity index is 863. The highest BCUT2D eigenvalue weighted by molar-refractivity contribution is 9.10. The number of carbonyl (C=O) groups excluding carboxylic acids is 1. The van der Waals surface area contributed by atoms with Crippen LogP contribution in [0.25, 0.3) is 0 Å². The molecule has 2 aromatic rings. The summed E-state index contributed by atoms with van der Waals surface area (Å²) < 4.78 is 50.4. The fourth-order valence-corrected chi connectivity index (χ4v) is 3.37. The van der Waals surface area contributed by atoms with Gasteiger partial charge in [0.05, 0.1) is 19.8 Å². The highest BCUT2D eigenvalue weighted by Gasteiger charge is 2.30. The van der Waals surface area contributed by atoms with E-state index in [2.05, 4.69) is 15.9 Å². The van der Waals surface area contributed by atoms with E-state index >= 15 is 0 Å². The van der Waals surface area contributed by atoms with Gasteiger partial charge in [-0.25, -0.2) is 0 Å². The number of carbonyl (C=O) groups is 1. The second-order valence-electron chi connectivity index (χ2n) is 6.92. The van der Waals surface area contributed by atoms with Crippen LogP contribution in [0.4, 0.5) is 13.2 Å². The molecule has 0 atom stereocenters. The molecule has 0 N–H and O–H groups in total. The molecule has 0 aliphatic carbocycles. The predicted molar refractivity (Wildman–Crippen MR) is 112 cm³/mol. The standard InChI is InChI=1S/C21H24BrF3N2O3/c1-26(2)8-9-27(13-14-6-5-7-16(10-14)21(23,24)25)20(28)15-11-17(29-3)19(22)18(12-15)30-4/h5-7,10-12H,8-9,13H2,1-4H3. The van der Waals surface area contributed by atoms with Gasteiger partial charge in [-0.3, -0.25) is 4.79 Å². The Morgan fingerprint density at radius 2 is 1.63 bits per heavy atom. The van der Waals surface area contributed by atoms with E-state index in [1.165, 1.54) is 25.2 Å². The molecule has 30 heavy (non-hydrogen) atoms. The minimum Gasteiger partial charge on any atom is -0.495 e. The minimum atomic E-state index is -4.44. The molecule has 2 aromatic carbocycles. The topological polar surface area (TPSA) is 42.0 Å². The van der Waals surface area contributed by atoms with Crippen LogP contribution in [0.5, 0.6) is 11.5 Å². The van der Waals surface area contributed by atoms with Gasteiger partial charge < -0.3 is 19.3 Å². The van der Waals surface area contributed by atoms with E-state index in [1.54, 1.807) is 18.2 Å². The Balaban J connectivity index is 2.38. The zero-order valence-electron chi connectivity index (χ0n) is 17.2. The smallest absolute Gasteiger partial charge is 0.416 e. The Morgan fingerprint density at radius 1 is 1.03 bits per heavy atom. The maximum absolute atomic E-state index is 13.2. The van der Waals surface area contributed by atoms with Gasteiger partial charge >= 0.3 is 6.18 Å². The molecule has 9 heteroatoms. The molecule has 0 saturated carbocycles. The van der Waals surface area contributed by atoms with E-state index in [1.807, 2.05) is 19.0 Å². The third-order valence-corrected chi connectivity index (χ3v) is 5.21. The number of alkyl halides is 3. The summed E-state index contributed by atoms with van der Waals surface area (Å²) in [4.78, 5) is 16.7. The van der Waals surface area contributed by atoms with Crippen molar-refractivity contribution in [2.75, 3.05) is 41.4 Å². The van der Waals surface area contributed by atoms with Crippen LogP contribution >= 0.6 is 15.9 Å². The molecule has 0 radical (unpaired) electrons. The summed E-state index contributed by atoms with van der Waals surface area (Å²) in [6, 6.07) is 8.15. The number of methoxy groups -OCH3 is 2. The number of benzene rings is 2. The van der Waals surface area contributed by atoms with Crippen LogP contribution in [-0.2, 0) is 12.7 Å². The van der Waals surface area contributed by atoms with E-state index in [0.717, 1.165) is 12.1 Å². The van der Waals surface area contributed by atoms with Crippen molar-refractivity contribution in [3.05, 3.63) is 57.6 Å². The van der Waals surface area contributed by atoms with Crippen molar-refractivity contribution in [2.45, 2.75) is 12.7 Å². The first kappa shape index (κ1) is 24.0. The fourth-order valence-electron chi connectivity index (χ4n) is 2.81. The summed E-state index contributed by atoms with van der Waals surface area (Å²) in [5, 5.41) is 0. The molecule has 164 valence electrons. The summed E-state index contributed by atoms with van der Waals surface area (Å²) in [5.41, 5.74) is -0.0300. The lowest BCUT2D eigenvalue weighted by Gasteiger charge is -2.25. The maximum Gasteiger partial charge on any atom is 0.416 e. The largest absolute Gasteiger partial charge is 0.495 e. The lowest BCUT2D eigenvalue weighted by atomic mass is 10.1. The number of likely N-dealkylation sites (N-methyl/N-ethyl adjacent to an activating group) is 1. The molecule has 0 saturated heterocycles. The third kappa shape index (κ3) is 6.12. The lowest BCUT2D eigenvalue weighted by Crippen LogP contribution is -2.36. The van der Waals surface area contributed by atoms with Crippen LogP contribution in [0.2, 0.25) is 0 Å². The van der Waals surface area contributed by atoms with Crippen molar-refractivity contribution in [3.63, 3.8) is 0 Å². The third-order valence-electron chi connectivity index (χ3n) is 4.42. The quantitative estimate of drug-likeness (QED) is 0.540. The first-order valence-electron chi connectivity index (χ1n) is 9.08. The molecular weight excluding hydrogens is 465 g/mol. The molecule has 0 unspecified atom stereocenters. The average Bonchev–Trinajstić information content (AvgIpc) is 2.70. The number of rotatable bonds is 8. The van der Waals surface area contributed by atoms with Crippen molar-refractivity contribution in [2.24, 2.45) is 0 Å². The fraction of sp³-hybridized carbons (Fsp3) is 0.381. The first-order valence-corrected chi connectivity index (χ1v) is 9.87. The normalized spacial score (nSPS) is 11.5. The van der Waals surface area contributed by atoms with Crippen LogP contribution in [-0.4, -0.2) is 57.1 Å². The van der Waals surface area contributed by atoms with E-state index in [-0.39, 0.29) is 12.5 Å². The molecule has 0 aromatic heterocycles. The van der Waals surface area contributed by atoms with Gasteiger partial charge in [-0.15, -0.1) is 0 Å². The second kappa shape index (κ2) is 10.2. The second-order valence-corrected chi connectivity index (χ2v) is 7.72. The van der Waals surface area contributed by atoms with E-state index in [9.17, 15) is 18.0 Å². The molecule has 5 nitrogen and oxygen atoms in total. The Morgan fingerprint density at radius 3 is 2.13 bits per heavy atom. The first-order chi connectivity index (χ1) is 14.1. The van der Waals surface area contributed by atoms with Gasteiger partial charge in [0.25, 0.3) is 5.91 Å². The van der Waals surface area contributed by atoms with Crippen LogP contribution in [0.3, 0.4) is 0 Å². The molecule has 2 rings (SSSR count). The molecule has 0 spiro atoms. The molecule has 0 aliphatic rings. The minimum absolute atomic E-state index is 0.0390. The predicted octanol–water partition coefficient (Wildman–Crippen LogP) is 4.69. The van der Waals surface area contributed by atoms with Crippen LogP contribution in [0.15, 0.2) is 40.9 Å². The van der Waals surface area contributed by atoms with Gasteiger partial charge in [-0.2, -0.15) is 13.2 Å². The lowest BCUT2D eigenvalue weighted by molar-refractivity contribution is -0.137. The molecule has 1 amide bonds. The number of halogens is 4. The van der Waals surface area contributed by atoms with E-state index in [0.29, 0.717) is 40.2 Å². The molecule has 0 bridgehead atoms. The van der Waals surface area contributed by atoms with E-state index < -0.39 is 11.7 Å². The average molecular weight is 489 g/mol. The molecule has 0 aliphatic heterocycles. The summed E-state index contributed by atoms with van der Waals surface area (Å²) in [6.45, 7) is 0.926. The Kier molecular flexibility index (Phi) is 8.14. The molecular formula is C21H24BrF3N2O3. The summed E-state index contributed by atoms with van der Waals surface area (Å²) in [5.74, 6) is 0.506. The number of nitrogens with zero attached hydrogens (tertiary/aromatic N) is 2. The number of ether oxygens (including phenoxy) is 2. The van der Waals surface area contributed by atoms with Crippen LogP contribution < -0.4 is 9.47 Å². The highest BCUT2D eigenvalue weighted by atomic mass is 79.9. The molecule has 0 heterocycles. The highest BCUT2D eigenvalue weighted by Crippen LogP contribution is 2.36. The summed E-state index contributed by atoms with van der Waals surface area (Å²) in [6.07, 6.45) is -4.44. The van der Waals surface area contributed by atoms with Gasteiger partial charge in [0, 0.05) is 25.2 Å². The zero-order valence-corrected chi connectivity index (χ0v) is 18.8. The van der Waals surface area contributed by atoms with Gasteiger partial charge in [0.1, 0.15) is 16.0 Å². The van der Waals surface area contributed by atoms with Crippen LogP contribution in [0.1, 0.15) is 21.5 Å². The summed E-state index contributed by atoms with van der Waals surface area (Å²) in [7, 11) is 6.66. The zero-order chi connectivity index (χ0) is 22.5. The monoisotopic (exact) mass is 488 g/mol. The van der Waals surface area contributed by atoms with Gasteiger partial charge in [-0.1, -0.05) is 12.1 Å². The number of hydrogen-bond acceptors (Lipinski definition) is 4. The van der Waals surface area contributed by atoms with Crippen molar-refractivity contribution in [3.8, 4) is 11.5 Å². The summed E-state index contributed by atoms with van der Waals surface area (Å²) >= 11 is 3.36. The SMILES string of the molecule is COc1cc(C(=O)N(CCN(C)C)Cc2cccc(C(F)(F)F)c2)cc(OC)c1Br. The molecule has 0 fully saturated rings. The van der Waals surface area contributed by atoms with E-state index in [4.69, 9.17) is 9.47 Å². The Labute approximate surface area is 182 Å². The van der Waals surface area contributed by atoms with Crippen molar-refractivity contribution >= 4 is 21.8 Å². The van der Waals surface area contributed by atoms with Crippen molar-refractivity contribution < 1.29 is 27.4 Å². The number of hydrogen-bond donors (Lipinski definition) is 0. The number of amides is 1. The van der Waals surface area contributed by atoms with Gasteiger partial charge in [-0.05, 0) is 59.9 Å².